The molecule has 2 heterocycles. The molecule has 2 aromatic rings. The quantitative estimate of drug-likeness (QED) is 0.486. The number of nitrogens with zero attached hydrogens (tertiary/aromatic N) is 1. The van der Waals surface area contributed by atoms with Crippen LogP contribution in [-0.2, 0) is 0 Å². The van der Waals surface area contributed by atoms with Crippen LogP contribution in [0.1, 0.15) is 16.2 Å². The van der Waals surface area contributed by atoms with Crippen LogP contribution in [0.2, 0.25) is 0 Å². The van der Waals surface area contributed by atoms with Gasteiger partial charge in [0.2, 0.25) is 0 Å². The lowest BCUT2D eigenvalue weighted by Gasteiger charge is -2.19. The lowest BCUT2D eigenvalue weighted by Crippen LogP contribution is -2.15. The lowest BCUT2D eigenvalue weighted by atomic mass is 10.1. The molecular formula is C13H10BrNO5. The monoisotopic (exact) mass is 339 g/mol. The lowest BCUT2D eigenvalue weighted by molar-refractivity contribution is -0.402. The van der Waals surface area contributed by atoms with Gasteiger partial charge in [-0.1, -0.05) is 22.0 Å². The zero-order valence-corrected chi connectivity index (χ0v) is 11.8. The SMILES string of the molecule is O=[N+]([O-])c1ccc(C(Br)c2ccc3c(c2)OCCO3)o1. The number of halogens is 1. The van der Waals surface area contributed by atoms with Gasteiger partial charge in [-0.25, -0.2) is 0 Å². The third-order valence-corrected chi connectivity index (χ3v) is 3.88. The number of rotatable bonds is 3. The molecule has 1 unspecified atom stereocenters. The summed E-state index contributed by atoms with van der Waals surface area (Å²) < 4.78 is 16.1. The average molecular weight is 340 g/mol. The molecule has 104 valence electrons. The van der Waals surface area contributed by atoms with E-state index in [2.05, 4.69) is 15.9 Å². The standard InChI is InChI=1S/C13H10BrNO5/c14-13(10-3-4-12(20-10)15(16)17)8-1-2-9-11(7-8)19-6-5-18-9/h1-4,7,13H,5-6H2. The molecule has 6 nitrogen and oxygen atoms in total. The van der Waals surface area contributed by atoms with E-state index in [-0.39, 0.29) is 10.7 Å². The summed E-state index contributed by atoms with van der Waals surface area (Å²) in [7, 11) is 0. The van der Waals surface area contributed by atoms with Crippen molar-refractivity contribution in [2.75, 3.05) is 13.2 Å². The first-order valence-corrected chi connectivity index (χ1v) is 6.84. The summed E-state index contributed by atoms with van der Waals surface area (Å²) in [5, 5.41) is 10.6. The Morgan fingerprint density at radius 2 is 1.90 bits per heavy atom. The molecule has 3 rings (SSSR count). The fraction of sp³-hybridized carbons (Fsp3) is 0.231. The van der Waals surface area contributed by atoms with Crippen molar-refractivity contribution in [2.45, 2.75) is 4.83 Å². The van der Waals surface area contributed by atoms with Gasteiger partial charge in [0, 0.05) is 0 Å². The maximum Gasteiger partial charge on any atom is 0.433 e. The fourth-order valence-electron chi connectivity index (χ4n) is 1.96. The van der Waals surface area contributed by atoms with E-state index in [0.29, 0.717) is 30.5 Å². The summed E-state index contributed by atoms with van der Waals surface area (Å²) in [4.78, 5) is 9.78. The highest BCUT2D eigenvalue weighted by atomic mass is 79.9. The summed E-state index contributed by atoms with van der Waals surface area (Å²) in [5.74, 6) is 1.56. The van der Waals surface area contributed by atoms with Crippen molar-refractivity contribution in [2.24, 2.45) is 0 Å². The van der Waals surface area contributed by atoms with Gasteiger partial charge < -0.3 is 13.9 Å². The number of ether oxygens (including phenoxy) is 2. The molecule has 1 aromatic carbocycles. The predicted molar refractivity (Wildman–Crippen MR) is 73.6 cm³/mol. The molecule has 0 radical (unpaired) electrons. The largest absolute Gasteiger partial charge is 0.486 e. The molecule has 0 saturated carbocycles. The normalized spacial score (nSPS) is 14.8. The van der Waals surface area contributed by atoms with Crippen molar-refractivity contribution in [3.8, 4) is 11.5 Å². The Hall–Kier alpha value is -2.02. The van der Waals surface area contributed by atoms with Crippen LogP contribution in [0.5, 0.6) is 11.5 Å². The summed E-state index contributed by atoms with van der Waals surface area (Å²) >= 11 is 3.47. The number of nitro groups is 1. The van der Waals surface area contributed by atoms with Crippen molar-refractivity contribution >= 4 is 21.8 Å². The van der Waals surface area contributed by atoms with E-state index < -0.39 is 4.92 Å². The zero-order valence-electron chi connectivity index (χ0n) is 10.2. The topological polar surface area (TPSA) is 74.7 Å². The minimum atomic E-state index is -0.562. The highest BCUT2D eigenvalue weighted by Crippen LogP contribution is 2.38. The Balaban J connectivity index is 1.89. The van der Waals surface area contributed by atoms with Crippen molar-refractivity contribution in [3.05, 3.63) is 51.8 Å². The summed E-state index contributed by atoms with van der Waals surface area (Å²) in [6.07, 6.45) is 0. The van der Waals surface area contributed by atoms with E-state index in [9.17, 15) is 10.1 Å². The highest BCUT2D eigenvalue weighted by Gasteiger charge is 2.21. The van der Waals surface area contributed by atoms with Crippen LogP contribution >= 0.6 is 15.9 Å². The maximum absolute atomic E-state index is 10.6. The second-order valence-corrected chi connectivity index (χ2v) is 5.11. The summed E-state index contributed by atoms with van der Waals surface area (Å²) in [6, 6.07) is 8.43. The first-order valence-electron chi connectivity index (χ1n) is 5.93. The summed E-state index contributed by atoms with van der Waals surface area (Å²) in [6.45, 7) is 1.05. The van der Waals surface area contributed by atoms with E-state index in [4.69, 9.17) is 13.9 Å². The molecule has 1 aliphatic rings. The third-order valence-electron chi connectivity index (χ3n) is 2.90. The Kier molecular flexibility index (Phi) is 3.35. The molecule has 7 heteroatoms. The van der Waals surface area contributed by atoms with Gasteiger partial charge in [0.1, 0.15) is 23.9 Å². The van der Waals surface area contributed by atoms with E-state index in [1.54, 1.807) is 6.07 Å². The minimum absolute atomic E-state index is 0.276. The number of alkyl halides is 1. The Bertz CT molecular complexity index is 654. The van der Waals surface area contributed by atoms with Crippen LogP contribution < -0.4 is 9.47 Å². The van der Waals surface area contributed by atoms with Crippen LogP contribution in [0.15, 0.2) is 34.7 Å². The predicted octanol–water partition coefficient (Wildman–Crippen LogP) is 3.44. The summed E-state index contributed by atoms with van der Waals surface area (Å²) in [5.41, 5.74) is 0.874. The van der Waals surface area contributed by atoms with Crippen molar-refractivity contribution in [1.29, 1.82) is 0 Å². The van der Waals surface area contributed by atoms with Gasteiger partial charge in [0.05, 0.1) is 10.9 Å². The minimum Gasteiger partial charge on any atom is -0.486 e. The Morgan fingerprint density at radius 1 is 1.15 bits per heavy atom. The van der Waals surface area contributed by atoms with Crippen molar-refractivity contribution in [3.63, 3.8) is 0 Å². The molecule has 0 bridgehead atoms. The highest BCUT2D eigenvalue weighted by molar-refractivity contribution is 9.09. The molecule has 0 spiro atoms. The van der Waals surface area contributed by atoms with Gasteiger partial charge in [-0.2, -0.15) is 0 Å². The van der Waals surface area contributed by atoms with Crippen LogP contribution in [0.4, 0.5) is 5.88 Å². The molecule has 0 amide bonds. The van der Waals surface area contributed by atoms with Gasteiger partial charge in [0.25, 0.3) is 0 Å². The molecule has 1 atom stereocenters. The number of hydrogen-bond donors (Lipinski definition) is 0. The Morgan fingerprint density at radius 3 is 2.60 bits per heavy atom. The Labute approximate surface area is 122 Å². The van der Waals surface area contributed by atoms with E-state index >= 15 is 0 Å². The first kappa shape index (κ1) is 13.0. The fourth-order valence-corrected chi connectivity index (χ4v) is 2.49. The van der Waals surface area contributed by atoms with Gasteiger partial charge in [-0.3, -0.25) is 10.1 Å². The average Bonchev–Trinajstić information content (AvgIpc) is 2.96. The van der Waals surface area contributed by atoms with Crippen molar-refractivity contribution in [1.82, 2.24) is 0 Å². The molecule has 1 aromatic heterocycles. The molecule has 1 aliphatic heterocycles. The second-order valence-electron chi connectivity index (χ2n) is 4.20. The third kappa shape index (κ3) is 2.36. The van der Waals surface area contributed by atoms with E-state index in [1.807, 2.05) is 18.2 Å². The van der Waals surface area contributed by atoms with Crippen LogP contribution in [0, 0.1) is 10.1 Å². The zero-order chi connectivity index (χ0) is 14.1. The molecule has 0 saturated heterocycles. The van der Waals surface area contributed by atoms with Crippen LogP contribution in [-0.4, -0.2) is 18.1 Å². The number of furan rings is 1. The van der Waals surface area contributed by atoms with E-state index in [0.717, 1.165) is 5.56 Å². The first-order chi connectivity index (χ1) is 9.65. The molecule has 0 aliphatic carbocycles. The van der Waals surface area contributed by atoms with Gasteiger partial charge in [0.15, 0.2) is 11.5 Å². The van der Waals surface area contributed by atoms with Crippen molar-refractivity contribution < 1.29 is 18.8 Å². The molecule has 0 fully saturated rings. The number of fused-ring (bicyclic) bond motifs is 1. The molecular weight excluding hydrogens is 330 g/mol. The number of benzene rings is 1. The second kappa shape index (κ2) is 5.16. The van der Waals surface area contributed by atoms with Crippen LogP contribution in [0.25, 0.3) is 0 Å². The van der Waals surface area contributed by atoms with Gasteiger partial charge in [-0.15, -0.1) is 0 Å². The van der Waals surface area contributed by atoms with Crippen LogP contribution in [0.3, 0.4) is 0 Å². The van der Waals surface area contributed by atoms with Gasteiger partial charge >= 0.3 is 5.88 Å². The molecule has 0 N–H and O–H groups in total. The maximum atomic E-state index is 10.6. The number of hydrogen-bond acceptors (Lipinski definition) is 5. The van der Waals surface area contributed by atoms with Gasteiger partial charge in [-0.05, 0) is 23.8 Å². The smallest absolute Gasteiger partial charge is 0.433 e. The van der Waals surface area contributed by atoms with E-state index in [1.165, 1.54) is 6.07 Å². The molecule has 20 heavy (non-hydrogen) atoms.